The van der Waals surface area contributed by atoms with E-state index < -0.39 is 0 Å². The lowest BCUT2D eigenvalue weighted by molar-refractivity contribution is 0.00653. The first-order valence-corrected chi connectivity index (χ1v) is 6.54. The van der Waals surface area contributed by atoms with E-state index in [1.165, 1.54) is 0 Å². The van der Waals surface area contributed by atoms with Crippen molar-refractivity contribution in [3.63, 3.8) is 0 Å². The van der Waals surface area contributed by atoms with E-state index in [0.29, 0.717) is 5.56 Å². The summed E-state index contributed by atoms with van der Waals surface area (Å²) in [5, 5.41) is 9.88. The van der Waals surface area contributed by atoms with Crippen molar-refractivity contribution in [1.82, 2.24) is 0 Å². The molecule has 0 heterocycles. The third-order valence-electron chi connectivity index (χ3n) is 3.53. The van der Waals surface area contributed by atoms with E-state index in [1.54, 1.807) is 13.0 Å². The average Bonchev–Trinajstić information content (AvgIpc) is 2.34. The van der Waals surface area contributed by atoms with Gasteiger partial charge in [0.05, 0.1) is 6.10 Å². The van der Waals surface area contributed by atoms with E-state index in [1.807, 2.05) is 19.1 Å². The van der Waals surface area contributed by atoms with Crippen molar-refractivity contribution in [2.45, 2.75) is 51.7 Å². The van der Waals surface area contributed by atoms with Gasteiger partial charge in [0.15, 0.2) is 5.78 Å². The predicted octanol–water partition coefficient (Wildman–Crippen LogP) is 2.88. The predicted molar refractivity (Wildman–Crippen MR) is 70.1 cm³/mol. The average molecular weight is 248 g/mol. The molecule has 1 saturated carbocycles. The maximum absolute atomic E-state index is 11.3. The summed E-state index contributed by atoms with van der Waals surface area (Å²) >= 11 is 0. The van der Waals surface area contributed by atoms with E-state index in [9.17, 15) is 9.90 Å². The van der Waals surface area contributed by atoms with Gasteiger partial charge in [0.1, 0.15) is 11.9 Å². The number of ether oxygens (including phenoxy) is 1. The summed E-state index contributed by atoms with van der Waals surface area (Å²) in [5.74, 6) is 0.827. The fourth-order valence-corrected chi connectivity index (χ4v) is 2.38. The molecule has 1 aliphatic rings. The first kappa shape index (κ1) is 13.1. The molecule has 0 saturated heterocycles. The van der Waals surface area contributed by atoms with Gasteiger partial charge in [-0.3, -0.25) is 4.79 Å². The van der Waals surface area contributed by atoms with Gasteiger partial charge in [-0.05, 0) is 56.9 Å². The Bertz CT molecular complexity index is 439. The lowest BCUT2D eigenvalue weighted by Crippen LogP contribution is -2.34. The molecule has 0 spiro atoms. The molecule has 3 nitrogen and oxygen atoms in total. The zero-order chi connectivity index (χ0) is 13.1. The highest BCUT2D eigenvalue weighted by Gasteiger charge is 2.25. The van der Waals surface area contributed by atoms with Crippen LogP contribution in [-0.2, 0) is 0 Å². The molecule has 1 aromatic carbocycles. The number of aliphatic hydroxyl groups is 1. The summed E-state index contributed by atoms with van der Waals surface area (Å²) in [6, 6.07) is 5.44. The highest BCUT2D eigenvalue weighted by atomic mass is 16.5. The minimum absolute atomic E-state index is 0.0577. The fourth-order valence-electron chi connectivity index (χ4n) is 2.38. The number of Topliss-reactive ketones (excluding diaryl/α,β-unsaturated/α-hetero) is 1. The minimum Gasteiger partial charge on any atom is -0.487 e. The van der Waals surface area contributed by atoms with Crippen molar-refractivity contribution in [3.05, 3.63) is 29.3 Å². The molecule has 2 unspecified atom stereocenters. The van der Waals surface area contributed by atoms with E-state index in [0.717, 1.165) is 37.0 Å². The van der Waals surface area contributed by atoms with Crippen molar-refractivity contribution in [1.29, 1.82) is 0 Å². The molecule has 1 aliphatic carbocycles. The van der Waals surface area contributed by atoms with Crippen LogP contribution in [0.15, 0.2) is 18.2 Å². The van der Waals surface area contributed by atoms with Crippen LogP contribution in [0.5, 0.6) is 5.75 Å². The molecule has 2 rings (SSSR count). The molecule has 98 valence electrons. The molecule has 2 atom stereocenters. The molecule has 18 heavy (non-hydrogen) atoms. The van der Waals surface area contributed by atoms with Crippen molar-refractivity contribution in [2.24, 2.45) is 0 Å². The zero-order valence-electron chi connectivity index (χ0n) is 11.0. The number of ketones is 1. The van der Waals surface area contributed by atoms with E-state index in [4.69, 9.17) is 4.74 Å². The Kier molecular flexibility index (Phi) is 4.02. The van der Waals surface area contributed by atoms with Gasteiger partial charge in [-0.1, -0.05) is 6.42 Å². The Morgan fingerprint density at radius 2 is 2.06 bits per heavy atom. The summed E-state index contributed by atoms with van der Waals surface area (Å²) in [4.78, 5) is 11.3. The maximum Gasteiger partial charge on any atom is 0.159 e. The molecule has 1 N–H and O–H groups in total. The van der Waals surface area contributed by atoms with Crippen LogP contribution < -0.4 is 4.74 Å². The Balaban J connectivity index is 2.11. The Morgan fingerprint density at radius 1 is 1.33 bits per heavy atom. The zero-order valence-corrected chi connectivity index (χ0v) is 11.0. The van der Waals surface area contributed by atoms with Crippen LogP contribution in [0.1, 0.15) is 48.5 Å². The van der Waals surface area contributed by atoms with Gasteiger partial charge in [-0.15, -0.1) is 0 Å². The monoisotopic (exact) mass is 248 g/mol. The van der Waals surface area contributed by atoms with Gasteiger partial charge in [-0.25, -0.2) is 0 Å². The Morgan fingerprint density at radius 3 is 2.67 bits per heavy atom. The largest absolute Gasteiger partial charge is 0.487 e. The number of carbonyl (C=O) groups excluding carboxylic acids is 1. The van der Waals surface area contributed by atoms with Gasteiger partial charge in [0.2, 0.25) is 0 Å². The number of aliphatic hydroxyl groups excluding tert-OH is 1. The third-order valence-corrected chi connectivity index (χ3v) is 3.53. The summed E-state index contributed by atoms with van der Waals surface area (Å²) in [6.07, 6.45) is 3.41. The number of hydrogen-bond donors (Lipinski definition) is 1. The highest BCUT2D eigenvalue weighted by molar-refractivity contribution is 5.94. The molecule has 0 aromatic heterocycles. The van der Waals surface area contributed by atoms with Crippen LogP contribution in [0.3, 0.4) is 0 Å². The molecule has 1 aromatic rings. The first-order chi connectivity index (χ1) is 8.58. The molecular formula is C15H20O3. The number of benzene rings is 1. The number of rotatable bonds is 3. The van der Waals surface area contributed by atoms with Crippen LogP contribution in [0.2, 0.25) is 0 Å². The SMILES string of the molecule is CC(=O)c1ccc(OC2CCCCC2O)c(C)c1. The van der Waals surface area contributed by atoms with E-state index in [2.05, 4.69) is 0 Å². The van der Waals surface area contributed by atoms with Gasteiger partial charge in [0, 0.05) is 5.56 Å². The molecule has 0 radical (unpaired) electrons. The van der Waals surface area contributed by atoms with Crippen molar-refractivity contribution in [2.75, 3.05) is 0 Å². The molecule has 0 bridgehead atoms. The Labute approximate surface area is 108 Å². The lowest BCUT2D eigenvalue weighted by Gasteiger charge is -2.28. The van der Waals surface area contributed by atoms with Crippen LogP contribution in [0.25, 0.3) is 0 Å². The molecule has 0 amide bonds. The van der Waals surface area contributed by atoms with E-state index in [-0.39, 0.29) is 18.0 Å². The van der Waals surface area contributed by atoms with E-state index >= 15 is 0 Å². The first-order valence-electron chi connectivity index (χ1n) is 6.54. The molecular weight excluding hydrogens is 228 g/mol. The van der Waals surface area contributed by atoms with Gasteiger partial charge in [0.25, 0.3) is 0 Å². The second-order valence-electron chi connectivity index (χ2n) is 5.04. The molecule has 0 aliphatic heterocycles. The topological polar surface area (TPSA) is 46.5 Å². The quantitative estimate of drug-likeness (QED) is 0.837. The number of hydrogen-bond acceptors (Lipinski definition) is 3. The second-order valence-corrected chi connectivity index (χ2v) is 5.04. The summed E-state index contributed by atoms with van der Waals surface area (Å²) < 4.78 is 5.87. The van der Waals surface area contributed by atoms with Gasteiger partial charge >= 0.3 is 0 Å². The minimum atomic E-state index is -0.370. The summed E-state index contributed by atoms with van der Waals surface area (Å²) in [6.45, 7) is 3.48. The molecule has 3 heteroatoms. The maximum atomic E-state index is 11.3. The van der Waals surface area contributed by atoms with Crippen molar-refractivity contribution in [3.8, 4) is 5.75 Å². The van der Waals surface area contributed by atoms with Crippen molar-refractivity contribution < 1.29 is 14.6 Å². The third kappa shape index (κ3) is 2.91. The van der Waals surface area contributed by atoms with Crippen molar-refractivity contribution >= 4 is 5.78 Å². The summed E-state index contributed by atoms with van der Waals surface area (Å²) in [5.41, 5.74) is 1.64. The number of aryl methyl sites for hydroxylation is 1. The van der Waals surface area contributed by atoms with Gasteiger partial charge < -0.3 is 9.84 Å². The smallest absolute Gasteiger partial charge is 0.159 e. The normalized spacial score (nSPS) is 23.7. The van der Waals surface area contributed by atoms with Crippen LogP contribution in [-0.4, -0.2) is 23.1 Å². The summed E-state index contributed by atoms with van der Waals surface area (Å²) in [7, 11) is 0. The number of carbonyl (C=O) groups is 1. The lowest BCUT2D eigenvalue weighted by atomic mass is 9.94. The fraction of sp³-hybridized carbons (Fsp3) is 0.533. The highest BCUT2D eigenvalue weighted by Crippen LogP contribution is 2.26. The van der Waals surface area contributed by atoms with Crippen LogP contribution >= 0.6 is 0 Å². The van der Waals surface area contributed by atoms with Crippen LogP contribution in [0, 0.1) is 6.92 Å². The van der Waals surface area contributed by atoms with Crippen LogP contribution in [0.4, 0.5) is 0 Å². The second kappa shape index (κ2) is 5.53. The van der Waals surface area contributed by atoms with Gasteiger partial charge in [-0.2, -0.15) is 0 Å². The Hall–Kier alpha value is -1.35. The molecule has 1 fully saturated rings. The standard InChI is InChI=1S/C15H20O3/c1-10-9-12(11(2)16)7-8-14(10)18-15-6-4-3-5-13(15)17/h7-9,13,15,17H,3-6H2,1-2H3.